The minimum Gasteiger partial charge on any atom is -0.468 e. The predicted octanol–water partition coefficient (Wildman–Crippen LogP) is 3.30. The summed E-state index contributed by atoms with van der Waals surface area (Å²) in [5, 5.41) is 0. The van der Waals surface area contributed by atoms with E-state index in [9.17, 15) is 4.79 Å². The van der Waals surface area contributed by atoms with Crippen LogP contribution < -0.4 is 0 Å². The van der Waals surface area contributed by atoms with Crippen LogP contribution in [0, 0.1) is 6.92 Å². The van der Waals surface area contributed by atoms with E-state index in [-0.39, 0.29) is 11.9 Å². The smallest absolute Gasteiger partial charge is 0.317 e. The number of methoxy groups -OCH3 is 1. The number of hydrogen-bond acceptors (Lipinski definition) is 2. The molecule has 0 aromatic heterocycles. The van der Waals surface area contributed by atoms with Crippen LogP contribution in [0.25, 0.3) is 0 Å². The number of rotatable bonds is 3. The van der Waals surface area contributed by atoms with Gasteiger partial charge in [0.05, 0.1) is 7.11 Å². The average molecular weight is 240 g/mol. The van der Waals surface area contributed by atoms with E-state index in [0.29, 0.717) is 0 Å². The van der Waals surface area contributed by atoms with Gasteiger partial charge in [-0.2, -0.15) is 0 Å². The largest absolute Gasteiger partial charge is 0.468 e. The Morgan fingerprint density at radius 2 is 1.50 bits per heavy atom. The maximum atomic E-state index is 12.0. The van der Waals surface area contributed by atoms with E-state index in [4.69, 9.17) is 4.74 Å². The molecule has 0 spiro atoms. The van der Waals surface area contributed by atoms with E-state index in [0.717, 1.165) is 11.1 Å². The van der Waals surface area contributed by atoms with Gasteiger partial charge in [0.1, 0.15) is 5.92 Å². The van der Waals surface area contributed by atoms with Gasteiger partial charge in [0, 0.05) is 0 Å². The molecule has 1 atom stereocenters. The molecule has 2 nitrogen and oxygen atoms in total. The van der Waals surface area contributed by atoms with Crippen LogP contribution in [0.4, 0.5) is 0 Å². The SMILES string of the molecule is COC(=O)C(c1ccccc1)c1ccc(C)cc1. The van der Waals surface area contributed by atoms with E-state index in [2.05, 4.69) is 0 Å². The molecule has 92 valence electrons. The van der Waals surface area contributed by atoms with Crippen molar-refractivity contribution in [2.24, 2.45) is 0 Å². The molecule has 0 aliphatic heterocycles. The van der Waals surface area contributed by atoms with E-state index < -0.39 is 0 Å². The molecule has 0 fully saturated rings. The molecule has 0 aliphatic rings. The number of aryl methyl sites for hydroxylation is 1. The first-order valence-electron chi connectivity index (χ1n) is 5.91. The number of ether oxygens (including phenoxy) is 1. The Bertz CT molecular complexity index is 515. The molecule has 2 aromatic carbocycles. The second kappa shape index (κ2) is 5.50. The van der Waals surface area contributed by atoms with Gasteiger partial charge >= 0.3 is 5.97 Å². The molecular weight excluding hydrogens is 224 g/mol. The highest BCUT2D eigenvalue weighted by Gasteiger charge is 2.22. The molecule has 2 rings (SSSR count). The summed E-state index contributed by atoms with van der Waals surface area (Å²) in [7, 11) is 1.42. The third kappa shape index (κ3) is 2.59. The second-order valence-corrected chi connectivity index (χ2v) is 4.28. The second-order valence-electron chi connectivity index (χ2n) is 4.28. The number of hydrogen-bond donors (Lipinski definition) is 0. The standard InChI is InChI=1S/C16H16O2/c1-12-8-10-14(11-9-12)15(16(17)18-2)13-6-4-3-5-7-13/h3-11,15H,1-2H3. The van der Waals surface area contributed by atoms with Crippen molar-refractivity contribution < 1.29 is 9.53 Å². The topological polar surface area (TPSA) is 26.3 Å². The highest BCUT2D eigenvalue weighted by molar-refractivity contribution is 5.82. The predicted molar refractivity (Wildman–Crippen MR) is 71.5 cm³/mol. The van der Waals surface area contributed by atoms with Gasteiger partial charge in [-0.15, -0.1) is 0 Å². The van der Waals surface area contributed by atoms with Crippen molar-refractivity contribution in [3.05, 3.63) is 71.3 Å². The molecule has 0 bridgehead atoms. The number of benzene rings is 2. The van der Waals surface area contributed by atoms with Gasteiger partial charge in [-0.3, -0.25) is 4.79 Å². The Hall–Kier alpha value is -2.09. The fraction of sp³-hybridized carbons (Fsp3) is 0.188. The highest BCUT2D eigenvalue weighted by Crippen LogP contribution is 2.26. The first kappa shape index (κ1) is 12.4. The van der Waals surface area contributed by atoms with Gasteiger partial charge in [0.2, 0.25) is 0 Å². The van der Waals surface area contributed by atoms with Crippen molar-refractivity contribution in [3.8, 4) is 0 Å². The Labute approximate surface area is 107 Å². The van der Waals surface area contributed by atoms with Crippen LogP contribution in [0.15, 0.2) is 54.6 Å². The normalized spacial score (nSPS) is 11.9. The van der Waals surface area contributed by atoms with Crippen molar-refractivity contribution in [2.45, 2.75) is 12.8 Å². The van der Waals surface area contributed by atoms with E-state index in [1.54, 1.807) is 0 Å². The van der Waals surface area contributed by atoms with Crippen LogP contribution in [0.2, 0.25) is 0 Å². The van der Waals surface area contributed by atoms with Crippen LogP contribution in [0.1, 0.15) is 22.6 Å². The first-order chi connectivity index (χ1) is 8.72. The molecule has 0 N–H and O–H groups in total. The Kier molecular flexibility index (Phi) is 3.78. The highest BCUT2D eigenvalue weighted by atomic mass is 16.5. The Balaban J connectivity index is 2.43. The van der Waals surface area contributed by atoms with Gasteiger partial charge in [0.25, 0.3) is 0 Å². The third-order valence-electron chi connectivity index (χ3n) is 2.98. The lowest BCUT2D eigenvalue weighted by atomic mass is 9.91. The van der Waals surface area contributed by atoms with Gasteiger partial charge in [0.15, 0.2) is 0 Å². The lowest BCUT2D eigenvalue weighted by Gasteiger charge is -2.15. The molecule has 0 heterocycles. The number of esters is 1. The fourth-order valence-corrected chi connectivity index (χ4v) is 1.99. The molecule has 0 aliphatic carbocycles. The molecule has 2 aromatic rings. The summed E-state index contributed by atoms with van der Waals surface area (Å²) in [6, 6.07) is 17.7. The summed E-state index contributed by atoms with van der Waals surface area (Å²) >= 11 is 0. The van der Waals surface area contributed by atoms with Gasteiger partial charge in [-0.1, -0.05) is 60.2 Å². The zero-order valence-electron chi connectivity index (χ0n) is 10.6. The molecule has 0 amide bonds. The quantitative estimate of drug-likeness (QED) is 0.769. The van der Waals surface area contributed by atoms with Gasteiger partial charge < -0.3 is 4.74 Å². The van der Waals surface area contributed by atoms with Crippen LogP contribution in [0.3, 0.4) is 0 Å². The third-order valence-corrected chi connectivity index (χ3v) is 2.98. The van der Waals surface area contributed by atoms with Gasteiger partial charge in [-0.05, 0) is 18.1 Å². The maximum absolute atomic E-state index is 12.0. The Morgan fingerprint density at radius 3 is 2.06 bits per heavy atom. The molecule has 1 unspecified atom stereocenters. The first-order valence-corrected chi connectivity index (χ1v) is 5.91. The van der Waals surface area contributed by atoms with E-state index in [1.165, 1.54) is 12.7 Å². The minimum atomic E-state index is -0.350. The average Bonchev–Trinajstić information content (AvgIpc) is 2.42. The van der Waals surface area contributed by atoms with Crippen molar-refractivity contribution in [3.63, 3.8) is 0 Å². The lowest BCUT2D eigenvalue weighted by Crippen LogP contribution is -2.15. The molecule has 0 saturated heterocycles. The number of carbonyl (C=O) groups is 1. The van der Waals surface area contributed by atoms with Crippen molar-refractivity contribution >= 4 is 5.97 Å². The summed E-state index contributed by atoms with van der Waals surface area (Å²) in [5.41, 5.74) is 3.09. The van der Waals surface area contributed by atoms with Crippen molar-refractivity contribution in [1.82, 2.24) is 0 Å². The summed E-state index contributed by atoms with van der Waals surface area (Å²) in [6.45, 7) is 2.03. The maximum Gasteiger partial charge on any atom is 0.317 e. The van der Waals surface area contributed by atoms with Crippen molar-refractivity contribution in [2.75, 3.05) is 7.11 Å². The minimum absolute atomic E-state index is 0.231. The van der Waals surface area contributed by atoms with E-state index in [1.807, 2.05) is 61.5 Å². The zero-order chi connectivity index (χ0) is 13.0. The van der Waals surface area contributed by atoms with Crippen LogP contribution in [0.5, 0.6) is 0 Å². The fourth-order valence-electron chi connectivity index (χ4n) is 1.99. The van der Waals surface area contributed by atoms with E-state index >= 15 is 0 Å². The zero-order valence-corrected chi connectivity index (χ0v) is 10.6. The molecule has 2 heteroatoms. The summed E-state index contributed by atoms with van der Waals surface area (Å²) in [6.07, 6.45) is 0. The summed E-state index contributed by atoms with van der Waals surface area (Å²) in [4.78, 5) is 12.0. The van der Waals surface area contributed by atoms with Crippen LogP contribution in [-0.4, -0.2) is 13.1 Å². The summed E-state index contributed by atoms with van der Waals surface area (Å²) < 4.78 is 4.91. The van der Waals surface area contributed by atoms with Crippen LogP contribution in [-0.2, 0) is 9.53 Å². The van der Waals surface area contributed by atoms with Gasteiger partial charge in [-0.25, -0.2) is 0 Å². The number of carbonyl (C=O) groups excluding carboxylic acids is 1. The molecule has 0 saturated carbocycles. The van der Waals surface area contributed by atoms with Crippen molar-refractivity contribution in [1.29, 1.82) is 0 Å². The van der Waals surface area contributed by atoms with Crippen LogP contribution >= 0.6 is 0 Å². The summed E-state index contributed by atoms with van der Waals surface area (Å²) in [5.74, 6) is -0.582. The molecule has 0 radical (unpaired) electrons. The lowest BCUT2D eigenvalue weighted by molar-refractivity contribution is -0.141. The molecule has 18 heavy (non-hydrogen) atoms. The monoisotopic (exact) mass is 240 g/mol. The molecular formula is C16H16O2. The Morgan fingerprint density at radius 1 is 0.944 bits per heavy atom.